The van der Waals surface area contributed by atoms with Crippen LogP contribution in [0.15, 0.2) is 0 Å². The van der Waals surface area contributed by atoms with E-state index in [0.29, 0.717) is 12.5 Å². The van der Waals surface area contributed by atoms with Crippen LogP contribution in [0.2, 0.25) is 0 Å². The van der Waals surface area contributed by atoms with Crippen LogP contribution in [0, 0.1) is 5.92 Å². The van der Waals surface area contributed by atoms with E-state index >= 15 is 0 Å². The van der Waals surface area contributed by atoms with Crippen molar-refractivity contribution in [3.63, 3.8) is 0 Å². The molecule has 2 N–H and O–H groups in total. The number of phosphoric acid groups is 1. The lowest BCUT2D eigenvalue weighted by atomic mass is 9.84. The minimum Gasteiger partial charge on any atom is -0.388 e. The Hall–Kier alpha value is -0.0100. The van der Waals surface area contributed by atoms with Gasteiger partial charge < -0.3 is 19.2 Å². The van der Waals surface area contributed by atoms with E-state index in [2.05, 4.69) is 14.0 Å². The molecule has 3 heterocycles. The third-order valence-corrected chi connectivity index (χ3v) is 9.34. The minimum atomic E-state index is -4.20. The van der Waals surface area contributed by atoms with Crippen LogP contribution in [-0.4, -0.2) is 72.7 Å². The first-order chi connectivity index (χ1) is 17.2. The number of hydrogen-bond donors (Lipinski definition) is 2. The number of unbranched alkanes of at least 4 members (excludes halogenated alkanes) is 13. The number of likely N-dealkylation sites (N-methyl/N-ethyl adjacent to an activating group) is 1. The van der Waals surface area contributed by atoms with Crippen LogP contribution in [0.4, 0.5) is 0 Å². The molecule has 0 saturated carbocycles. The van der Waals surface area contributed by atoms with E-state index < -0.39 is 20.0 Å². The monoisotopic (exact) mass is 534 g/mol. The highest BCUT2D eigenvalue weighted by Gasteiger charge is 2.46. The van der Waals surface area contributed by atoms with E-state index in [1.807, 2.05) is 0 Å². The van der Waals surface area contributed by atoms with Gasteiger partial charge in [-0.05, 0) is 13.3 Å². The molecule has 0 aromatic heterocycles. The highest BCUT2D eigenvalue weighted by molar-refractivity contribution is 7.47. The number of fused-ring (bicyclic) bond motifs is 3. The zero-order chi connectivity index (χ0) is 26.3. The maximum Gasteiger partial charge on any atom is 0.472 e. The summed E-state index contributed by atoms with van der Waals surface area (Å²) in [5.41, 5.74) is 0. The summed E-state index contributed by atoms with van der Waals surface area (Å²) in [7, 11) is -2.03. The number of nitrogens with zero attached hydrogens (tertiary/aromatic N) is 1. The minimum absolute atomic E-state index is 0.250. The van der Waals surface area contributed by atoms with Crippen molar-refractivity contribution in [3.05, 3.63) is 0 Å². The SMILES string of the molecule is CCCCCCCCCCCCCCCCOC(C)C(O)COP(=O)(O)OC1C[N+]2(C)CCC1CC2. The predicted octanol–water partition coefficient (Wildman–Crippen LogP) is 6.61. The molecule has 4 atom stereocenters. The second-order valence-corrected chi connectivity index (χ2v) is 13.1. The molecule has 8 heteroatoms. The average Bonchev–Trinajstić information content (AvgIpc) is 2.84. The van der Waals surface area contributed by atoms with Crippen molar-refractivity contribution in [2.24, 2.45) is 5.92 Å². The van der Waals surface area contributed by atoms with Crippen LogP contribution in [0.25, 0.3) is 0 Å². The molecule has 0 aliphatic carbocycles. The molecular weight excluding hydrogens is 477 g/mol. The summed E-state index contributed by atoms with van der Waals surface area (Å²) in [5, 5.41) is 10.3. The molecule has 3 aliphatic heterocycles. The van der Waals surface area contributed by atoms with Gasteiger partial charge in [-0.3, -0.25) is 9.05 Å². The third-order valence-electron chi connectivity index (χ3n) is 8.32. The smallest absolute Gasteiger partial charge is 0.388 e. The Morgan fingerprint density at radius 3 is 1.89 bits per heavy atom. The van der Waals surface area contributed by atoms with Gasteiger partial charge in [0.15, 0.2) is 0 Å². The number of quaternary nitrogens is 1. The Labute approximate surface area is 221 Å². The van der Waals surface area contributed by atoms with Gasteiger partial charge in [0.25, 0.3) is 0 Å². The molecule has 3 saturated heterocycles. The van der Waals surface area contributed by atoms with E-state index in [1.54, 1.807) is 6.92 Å². The van der Waals surface area contributed by atoms with Gasteiger partial charge in [-0.2, -0.15) is 0 Å². The fourth-order valence-electron chi connectivity index (χ4n) is 5.65. The van der Waals surface area contributed by atoms with Gasteiger partial charge in [-0.15, -0.1) is 0 Å². The van der Waals surface area contributed by atoms with E-state index in [4.69, 9.17) is 13.8 Å². The topological polar surface area (TPSA) is 85.2 Å². The Morgan fingerprint density at radius 2 is 1.39 bits per heavy atom. The van der Waals surface area contributed by atoms with Gasteiger partial charge in [0, 0.05) is 25.4 Å². The Bertz CT molecular complexity index is 613. The van der Waals surface area contributed by atoms with Crippen molar-refractivity contribution in [2.45, 2.75) is 135 Å². The summed E-state index contributed by atoms with van der Waals surface area (Å²) < 4.78 is 29.7. The first kappa shape index (κ1) is 32.2. The summed E-state index contributed by atoms with van der Waals surface area (Å²) in [5.74, 6) is 0.325. The second-order valence-electron chi connectivity index (χ2n) is 11.7. The van der Waals surface area contributed by atoms with Crippen molar-refractivity contribution >= 4 is 7.82 Å². The fourth-order valence-corrected chi connectivity index (χ4v) is 6.64. The molecule has 0 amide bonds. The number of rotatable bonds is 22. The maximum absolute atomic E-state index is 12.4. The Kier molecular flexibility index (Phi) is 15.7. The molecule has 7 nitrogen and oxygen atoms in total. The van der Waals surface area contributed by atoms with E-state index in [-0.39, 0.29) is 12.7 Å². The number of ether oxygens (including phenoxy) is 1. The summed E-state index contributed by atoms with van der Waals surface area (Å²) in [4.78, 5) is 10.2. The Morgan fingerprint density at radius 1 is 0.889 bits per heavy atom. The molecule has 0 aromatic carbocycles. The van der Waals surface area contributed by atoms with Gasteiger partial charge in [0.05, 0.1) is 32.8 Å². The van der Waals surface area contributed by atoms with Crippen LogP contribution in [0.5, 0.6) is 0 Å². The summed E-state index contributed by atoms with van der Waals surface area (Å²) in [6, 6.07) is 0. The quantitative estimate of drug-likeness (QED) is 0.0924. The van der Waals surface area contributed by atoms with E-state index in [9.17, 15) is 14.6 Å². The zero-order valence-electron chi connectivity index (χ0n) is 23.6. The third kappa shape index (κ3) is 13.2. The van der Waals surface area contributed by atoms with Gasteiger partial charge >= 0.3 is 7.82 Å². The lowest BCUT2D eigenvalue weighted by molar-refractivity contribution is -0.928. The number of piperidine rings is 3. The lowest BCUT2D eigenvalue weighted by Gasteiger charge is -2.50. The first-order valence-electron chi connectivity index (χ1n) is 15.0. The molecule has 36 heavy (non-hydrogen) atoms. The summed E-state index contributed by atoms with van der Waals surface area (Å²) in [6.07, 6.45) is 18.8. The van der Waals surface area contributed by atoms with Gasteiger partial charge in [0.1, 0.15) is 18.8 Å². The molecule has 2 bridgehead atoms. The molecule has 3 fully saturated rings. The van der Waals surface area contributed by atoms with Crippen molar-refractivity contribution in [3.8, 4) is 0 Å². The van der Waals surface area contributed by atoms with E-state index in [1.165, 1.54) is 77.0 Å². The predicted molar refractivity (Wildman–Crippen MR) is 146 cm³/mol. The Balaban J connectivity index is 1.42. The largest absolute Gasteiger partial charge is 0.472 e. The number of phosphoric ester groups is 1. The van der Waals surface area contributed by atoms with Crippen molar-refractivity contribution in [2.75, 3.05) is 39.9 Å². The second kappa shape index (κ2) is 17.6. The average molecular weight is 535 g/mol. The molecule has 0 aromatic rings. The molecule has 3 aliphatic rings. The number of aliphatic hydroxyl groups is 1. The molecule has 0 spiro atoms. The van der Waals surface area contributed by atoms with Crippen molar-refractivity contribution < 1.29 is 32.8 Å². The maximum atomic E-state index is 12.4. The number of hydrogen-bond acceptors (Lipinski definition) is 5. The van der Waals surface area contributed by atoms with Gasteiger partial charge in [0.2, 0.25) is 0 Å². The van der Waals surface area contributed by atoms with Crippen LogP contribution >= 0.6 is 7.82 Å². The standard InChI is InChI=1S/C28H56NO6P/c1-4-5-6-7-8-9-10-11-12-13-14-15-16-17-22-33-25(2)27(30)24-34-36(31,32)35-28-23-29(3)20-18-26(28)19-21-29/h25-28,30H,4-24H2,1-3H3/p+1. The van der Waals surface area contributed by atoms with Crippen molar-refractivity contribution in [1.29, 1.82) is 0 Å². The zero-order valence-corrected chi connectivity index (χ0v) is 24.5. The molecule has 214 valence electrons. The summed E-state index contributed by atoms with van der Waals surface area (Å²) in [6.45, 7) is 7.33. The normalized spacial score (nSPS) is 27.1. The van der Waals surface area contributed by atoms with Gasteiger partial charge in [-0.1, -0.05) is 90.4 Å². The van der Waals surface area contributed by atoms with Crippen LogP contribution < -0.4 is 0 Å². The lowest BCUT2D eigenvalue weighted by Crippen LogP contribution is -2.61. The summed E-state index contributed by atoms with van der Waals surface area (Å²) >= 11 is 0. The molecule has 3 rings (SSSR count). The first-order valence-corrected chi connectivity index (χ1v) is 16.5. The molecular formula is C28H57NO6P+. The van der Waals surface area contributed by atoms with Crippen molar-refractivity contribution in [1.82, 2.24) is 0 Å². The highest BCUT2D eigenvalue weighted by Crippen LogP contribution is 2.48. The van der Waals surface area contributed by atoms with E-state index in [0.717, 1.165) is 49.8 Å². The fraction of sp³-hybridized carbons (Fsp3) is 1.00. The van der Waals surface area contributed by atoms with Gasteiger partial charge in [-0.25, -0.2) is 4.57 Å². The molecule has 4 unspecified atom stereocenters. The molecule has 0 radical (unpaired) electrons. The highest BCUT2D eigenvalue weighted by atomic mass is 31.2. The number of aliphatic hydroxyl groups excluding tert-OH is 1. The van der Waals surface area contributed by atoms with Crippen LogP contribution in [0.1, 0.15) is 117 Å². The van der Waals surface area contributed by atoms with Crippen LogP contribution in [0.3, 0.4) is 0 Å². The van der Waals surface area contributed by atoms with Crippen LogP contribution in [-0.2, 0) is 18.3 Å².